The maximum atomic E-state index is 13.4. The number of nitrogens with zero attached hydrogens (tertiary/aromatic N) is 1. The van der Waals surface area contributed by atoms with Gasteiger partial charge in [0, 0.05) is 23.5 Å². The lowest BCUT2D eigenvalue weighted by atomic mass is 9.88. The molecule has 1 heterocycles. The van der Waals surface area contributed by atoms with E-state index in [-0.39, 0.29) is 23.4 Å². The van der Waals surface area contributed by atoms with Crippen LogP contribution in [0.25, 0.3) is 0 Å². The Labute approximate surface area is 165 Å². The van der Waals surface area contributed by atoms with Crippen LogP contribution in [0.2, 0.25) is 0 Å². The molecule has 0 aliphatic carbocycles. The third kappa shape index (κ3) is 4.16. The SMILES string of the molecule is COC(=O)C1=C(C)N(c2ccc(F)cc2)C(=O)C[C@H]1C(=O)Nc1cccc(F)c1. The molecule has 2 amide bonds. The Morgan fingerprint density at radius 1 is 1.10 bits per heavy atom. The fourth-order valence-corrected chi connectivity index (χ4v) is 3.27. The zero-order valence-electron chi connectivity index (χ0n) is 15.7. The Kier molecular flexibility index (Phi) is 5.72. The van der Waals surface area contributed by atoms with Gasteiger partial charge >= 0.3 is 5.97 Å². The number of allylic oxidation sites excluding steroid dienone is 1. The lowest BCUT2D eigenvalue weighted by Gasteiger charge is -2.33. The zero-order chi connectivity index (χ0) is 21.1. The summed E-state index contributed by atoms with van der Waals surface area (Å²) in [4.78, 5) is 39.2. The van der Waals surface area contributed by atoms with Crippen molar-refractivity contribution in [1.82, 2.24) is 0 Å². The summed E-state index contributed by atoms with van der Waals surface area (Å²) in [5.41, 5.74) is 0.772. The van der Waals surface area contributed by atoms with Crippen LogP contribution >= 0.6 is 0 Å². The van der Waals surface area contributed by atoms with Gasteiger partial charge in [0.2, 0.25) is 11.8 Å². The summed E-state index contributed by atoms with van der Waals surface area (Å²) in [5.74, 6) is -3.97. The molecule has 8 heteroatoms. The van der Waals surface area contributed by atoms with Crippen LogP contribution in [0, 0.1) is 17.6 Å². The first-order valence-electron chi connectivity index (χ1n) is 8.76. The number of hydrogen-bond donors (Lipinski definition) is 1. The summed E-state index contributed by atoms with van der Waals surface area (Å²) >= 11 is 0. The van der Waals surface area contributed by atoms with Crippen molar-refractivity contribution in [3.8, 4) is 0 Å². The van der Waals surface area contributed by atoms with Crippen LogP contribution in [-0.2, 0) is 19.1 Å². The molecular formula is C21H18F2N2O4. The highest BCUT2D eigenvalue weighted by atomic mass is 19.1. The smallest absolute Gasteiger partial charge is 0.336 e. The van der Waals surface area contributed by atoms with E-state index in [9.17, 15) is 23.2 Å². The number of carbonyl (C=O) groups is 3. The first-order chi connectivity index (χ1) is 13.8. The predicted octanol–water partition coefficient (Wildman–Crippen LogP) is 3.40. The second-order valence-corrected chi connectivity index (χ2v) is 6.45. The lowest BCUT2D eigenvalue weighted by molar-refractivity contribution is -0.138. The highest BCUT2D eigenvalue weighted by molar-refractivity contribution is 6.10. The molecule has 0 saturated carbocycles. The molecule has 2 aromatic rings. The number of carbonyl (C=O) groups excluding carboxylic acids is 3. The number of rotatable bonds is 4. The molecule has 1 aliphatic rings. The normalized spacial score (nSPS) is 16.6. The molecule has 0 aromatic heterocycles. The molecule has 0 radical (unpaired) electrons. The number of nitrogens with one attached hydrogen (secondary N) is 1. The molecule has 0 spiro atoms. The van der Waals surface area contributed by atoms with E-state index >= 15 is 0 Å². The van der Waals surface area contributed by atoms with Crippen LogP contribution in [0.15, 0.2) is 59.8 Å². The summed E-state index contributed by atoms with van der Waals surface area (Å²) in [6.45, 7) is 1.51. The van der Waals surface area contributed by atoms with E-state index in [2.05, 4.69) is 5.32 Å². The topological polar surface area (TPSA) is 75.7 Å². The van der Waals surface area contributed by atoms with E-state index in [1.807, 2.05) is 0 Å². The van der Waals surface area contributed by atoms with Crippen molar-refractivity contribution in [2.75, 3.05) is 17.3 Å². The van der Waals surface area contributed by atoms with Crippen molar-refractivity contribution in [3.05, 3.63) is 71.4 Å². The van der Waals surface area contributed by atoms with Gasteiger partial charge in [-0.2, -0.15) is 0 Å². The third-order valence-corrected chi connectivity index (χ3v) is 4.60. The Balaban J connectivity index is 1.99. The Morgan fingerprint density at radius 2 is 1.79 bits per heavy atom. The van der Waals surface area contributed by atoms with E-state index in [1.54, 1.807) is 0 Å². The molecule has 1 atom stereocenters. The van der Waals surface area contributed by atoms with Gasteiger partial charge in [-0.15, -0.1) is 0 Å². The second-order valence-electron chi connectivity index (χ2n) is 6.45. The Bertz CT molecular complexity index is 1000. The van der Waals surface area contributed by atoms with Crippen molar-refractivity contribution < 1.29 is 27.9 Å². The molecule has 0 fully saturated rings. The fourth-order valence-electron chi connectivity index (χ4n) is 3.27. The van der Waals surface area contributed by atoms with Gasteiger partial charge in [-0.25, -0.2) is 13.6 Å². The molecule has 6 nitrogen and oxygen atoms in total. The summed E-state index contributed by atoms with van der Waals surface area (Å²) < 4.78 is 31.4. The van der Waals surface area contributed by atoms with Gasteiger partial charge in [-0.05, 0) is 49.4 Å². The van der Waals surface area contributed by atoms with Gasteiger partial charge in [0.15, 0.2) is 0 Å². The summed E-state index contributed by atoms with van der Waals surface area (Å²) in [5, 5.41) is 2.52. The first-order valence-corrected chi connectivity index (χ1v) is 8.76. The van der Waals surface area contributed by atoms with Gasteiger partial charge in [-0.1, -0.05) is 6.07 Å². The maximum Gasteiger partial charge on any atom is 0.336 e. The van der Waals surface area contributed by atoms with Crippen molar-refractivity contribution in [3.63, 3.8) is 0 Å². The van der Waals surface area contributed by atoms with Crippen LogP contribution in [0.4, 0.5) is 20.2 Å². The first kappa shape index (κ1) is 20.2. The van der Waals surface area contributed by atoms with Crippen LogP contribution < -0.4 is 10.2 Å². The second kappa shape index (κ2) is 8.22. The minimum atomic E-state index is -1.12. The largest absolute Gasteiger partial charge is 0.466 e. The van der Waals surface area contributed by atoms with Gasteiger partial charge in [0.25, 0.3) is 0 Å². The number of halogens is 2. The van der Waals surface area contributed by atoms with E-state index in [0.29, 0.717) is 5.69 Å². The van der Waals surface area contributed by atoms with Crippen LogP contribution in [0.3, 0.4) is 0 Å². The number of ether oxygens (including phenoxy) is 1. The maximum absolute atomic E-state index is 13.4. The fraction of sp³-hybridized carbons (Fsp3) is 0.190. The predicted molar refractivity (Wildman–Crippen MR) is 102 cm³/mol. The minimum absolute atomic E-state index is 0.00493. The molecule has 3 rings (SSSR count). The van der Waals surface area contributed by atoms with E-state index < -0.39 is 35.3 Å². The molecule has 29 heavy (non-hydrogen) atoms. The lowest BCUT2D eigenvalue weighted by Crippen LogP contribution is -2.43. The molecule has 1 aliphatic heterocycles. The van der Waals surface area contributed by atoms with Crippen molar-refractivity contribution in [2.24, 2.45) is 5.92 Å². The van der Waals surface area contributed by atoms with Gasteiger partial charge in [-0.3, -0.25) is 14.5 Å². The molecule has 2 aromatic carbocycles. The van der Waals surface area contributed by atoms with Crippen LogP contribution in [0.1, 0.15) is 13.3 Å². The molecule has 150 valence electrons. The van der Waals surface area contributed by atoms with Crippen LogP contribution in [-0.4, -0.2) is 24.9 Å². The zero-order valence-corrected chi connectivity index (χ0v) is 15.7. The number of amides is 2. The molecule has 0 saturated heterocycles. The number of anilines is 2. The number of hydrogen-bond acceptors (Lipinski definition) is 4. The average molecular weight is 400 g/mol. The van der Waals surface area contributed by atoms with E-state index in [4.69, 9.17) is 4.74 Å². The number of methoxy groups -OCH3 is 1. The van der Waals surface area contributed by atoms with Gasteiger partial charge in [0.1, 0.15) is 11.6 Å². The van der Waals surface area contributed by atoms with E-state index in [0.717, 1.165) is 6.07 Å². The number of benzene rings is 2. The van der Waals surface area contributed by atoms with Crippen LogP contribution in [0.5, 0.6) is 0 Å². The Morgan fingerprint density at radius 3 is 2.41 bits per heavy atom. The highest BCUT2D eigenvalue weighted by Crippen LogP contribution is 2.34. The van der Waals surface area contributed by atoms with Crippen molar-refractivity contribution >= 4 is 29.2 Å². The summed E-state index contributed by atoms with van der Waals surface area (Å²) in [7, 11) is 1.17. The molecule has 0 bridgehead atoms. The van der Waals surface area contributed by atoms with Crippen molar-refractivity contribution in [1.29, 1.82) is 0 Å². The van der Waals surface area contributed by atoms with Gasteiger partial charge < -0.3 is 10.1 Å². The van der Waals surface area contributed by atoms with Gasteiger partial charge in [0.05, 0.1) is 18.6 Å². The van der Waals surface area contributed by atoms with E-state index in [1.165, 1.54) is 61.4 Å². The summed E-state index contributed by atoms with van der Waals surface area (Å²) in [6, 6.07) is 10.5. The molecular weight excluding hydrogens is 382 g/mol. The standard InChI is InChI=1S/C21H18F2N2O4/c1-12-19(21(28)29-2)17(20(27)24-15-5-3-4-14(23)10-15)11-18(26)25(12)16-8-6-13(22)7-9-16/h3-10,17H,11H2,1-2H3,(H,24,27)/t17-/m1/s1. The number of esters is 1. The average Bonchev–Trinajstić information content (AvgIpc) is 2.68. The molecule has 0 unspecified atom stereocenters. The minimum Gasteiger partial charge on any atom is -0.466 e. The Hall–Kier alpha value is -3.55. The molecule has 1 N–H and O–H groups in total. The highest BCUT2D eigenvalue weighted by Gasteiger charge is 2.40. The summed E-state index contributed by atoms with van der Waals surface area (Å²) in [6.07, 6.45) is -0.305. The monoisotopic (exact) mass is 400 g/mol. The third-order valence-electron chi connectivity index (χ3n) is 4.60. The van der Waals surface area contributed by atoms with Crippen molar-refractivity contribution in [2.45, 2.75) is 13.3 Å². The quantitative estimate of drug-likeness (QED) is 0.799.